The number of amides is 1. The molecule has 0 radical (unpaired) electrons. The molecular formula is C13H13Cl2N3O4. The van der Waals surface area contributed by atoms with Gasteiger partial charge in [-0.25, -0.2) is 14.6 Å². The van der Waals surface area contributed by atoms with Gasteiger partial charge in [-0.3, -0.25) is 9.72 Å². The van der Waals surface area contributed by atoms with Crippen molar-refractivity contribution in [2.24, 2.45) is 0 Å². The lowest BCUT2D eigenvalue weighted by Crippen LogP contribution is -2.28. The van der Waals surface area contributed by atoms with Crippen LogP contribution in [0.1, 0.15) is 31.3 Å². The van der Waals surface area contributed by atoms with Crippen LogP contribution in [0.25, 0.3) is 5.65 Å². The van der Waals surface area contributed by atoms with Gasteiger partial charge in [0, 0.05) is 6.20 Å². The van der Waals surface area contributed by atoms with Crippen molar-refractivity contribution in [1.82, 2.24) is 9.38 Å². The van der Waals surface area contributed by atoms with Crippen LogP contribution in [-0.4, -0.2) is 32.2 Å². The van der Waals surface area contributed by atoms with Crippen LogP contribution in [0.2, 0.25) is 10.0 Å². The molecule has 2 aromatic heterocycles. The van der Waals surface area contributed by atoms with Crippen LogP contribution in [0.15, 0.2) is 12.3 Å². The number of carboxylic acids is 1. The molecule has 7 nitrogen and oxygen atoms in total. The normalized spacial score (nSPS) is 11.5. The first-order valence-corrected chi connectivity index (χ1v) is 6.94. The molecule has 1 amide bonds. The minimum Gasteiger partial charge on any atom is -0.476 e. The first kappa shape index (κ1) is 16.4. The zero-order chi connectivity index (χ0) is 16.7. The maximum absolute atomic E-state index is 11.9. The Kier molecular flexibility index (Phi) is 4.21. The van der Waals surface area contributed by atoms with Crippen molar-refractivity contribution in [1.29, 1.82) is 0 Å². The molecule has 0 atom stereocenters. The Morgan fingerprint density at radius 3 is 2.55 bits per heavy atom. The van der Waals surface area contributed by atoms with Crippen LogP contribution in [-0.2, 0) is 4.74 Å². The highest BCUT2D eigenvalue weighted by Crippen LogP contribution is 2.27. The molecule has 118 valence electrons. The molecule has 2 heterocycles. The Bertz CT molecular complexity index is 765. The summed E-state index contributed by atoms with van der Waals surface area (Å²) in [5.41, 5.74) is -0.937. The third kappa shape index (κ3) is 3.42. The second-order valence-electron chi connectivity index (χ2n) is 5.44. The van der Waals surface area contributed by atoms with E-state index < -0.39 is 17.7 Å². The van der Waals surface area contributed by atoms with E-state index in [2.05, 4.69) is 10.3 Å². The van der Waals surface area contributed by atoms with E-state index in [0.29, 0.717) is 0 Å². The lowest BCUT2D eigenvalue weighted by Gasteiger charge is -2.19. The summed E-state index contributed by atoms with van der Waals surface area (Å²) in [5, 5.41) is 12.0. The number of anilines is 1. The molecule has 2 aromatic rings. The van der Waals surface area contributed by atoms with Crippen molar-refractivity contribution in [2.45, 2.75) is 26.4 Å². The molecule has 0 aliphatic heterocycles. The fourth-order valence-electron chi connectivity index (χ4n) is 1.74. The van der Waals surface area contributed by atoms with Gasteiger partial charge in [0.1, 0.15) is 5.60 Å². The Labute approximate surface area is 135 Å². The number of halogens is 2. The monoisotopic (exact) mass is 345 g/mol. The van der Waals surface area contributed by atoms with E-state index in [-0.39, 0.29) is 27.2 Å². The number of fused-ring (bicyclic) bond motifs is 1. The fourth-order valence-corrected chi connectivity index (χ4v) is 2.26. The van der Waals surface area contributed by atoms with Crippen molar-refractivity contribution in [3.05, 3.63) is 28.0 Å². The molecule has 0 unspecified atom stereocenters. The predicted octanol–water partition coefficient (Wildman–Crippen LogP) is 3.69. The number of nitrogens with one attached hydrogen (secondary N) is 1. The van der Waals surface area contributed by atoms with Gasteiger partial charge in [-0.2, -0.15) is 0 Å². The Balaban J connectivity index is 2.53. The van der Waals surface area contributed by atoms with E-state index in [4.69, 9.17) is 27.9 Å². The molecule has 0 saturated heterocycles. The molecule has 0 saturated carbocycles. The standard InChI is InChI=1S/C13H13Cl2N3O4/c1-13(2,3)22-12(21)17-10-8(11(19)20)16-9-7(15)4-6(14)5-18(9)10/h4-5H,1-3H3,(H,17,21)(H,19,20). The highest BCUT2D eigenvalue weighted by Gasteiger charge is 2.24. The average molecular weight is 346 g/mol. The van der Waals surface area contributed by atoms with E-state index in [0.717, 1.165) is 0 Å². The van der Waals surface area contributed by atoms with Crippen LogP contribution < -0.4 is 5.32 Å². The SMILES string of the molecule is CC(C)(C)OC(=O)Nc1c(C(=O)O)nc2c(Cl)cc(Cl)cn12. The molecule has 0 aromatic carbocycles. The van der Waals surface area contributed by atoms with Gasteiger partial charge in [-0.05, 0) is 26.8 Å². The average Bonchev–Trinajstić information content (AvgIpc) is 2.66. The number of carbonyl (C=O) groups is 2. The van der Waals surface area contributed by atoms with Gasteiger partial charge in [0.2, 0.25) is 0 Å². The van der Waals surface area contributed by atoms with E-state index in [1.54, 1.807) is 20.8 Å². The maximum atomic E-state index is 11.9. The first-order valence-electron chi connectivity index (χ1n) is 6.19. The Morgan fingerprint density at radius 1 is 1.36 bits per heavy atom. The van der Waals surface area contributed by atoms with Gasteiger partial charge >= 0.3 is 12.1 Å². The third-order valence-electron chi connectivity index (χ3n) is 2.46. The number of nitrogens with zero attached hydrogens (tertiary/aromatic N) is 2. The molecule has 9 heteroatoms. The van der Waals surface area contributed by atoms with Gasteiger partial charge in [0.25, 0.3) is 0 Å². The smallest absolute Gasteiger partial charge is 0.413 e. The summed E-state index contributed by atoms with van der Waals surface area (Å²) in [7, 11) is 0. The summed E-state index contributed by atoms with van der Waals surface area (Å²) < 4.78 is 6.39. The van der Waals surface area contributed by atoms with E-state index in [1.807, 2.05) is 0 Å². The summed E-state index contributed by atoms with van der Waals surface area (Å²) >= 11 is 11.9. The van der Waals surface area contributed by atoms with Gasteiger partial charge in [0.15, 0.2) is 17.2 Å². The number of carboxylic acid groups (broad SMARTS) is 1. The summed E-state index contributed by atoms with van der Waals surface area (Å²) in [4.78, 5) is 27.1. The molecular weight excluding hydrogens is 333 g/mol. The number of ether oxygens (including phenoxy) is 1. The zero-order valence-corrected chi connectivity index (χ0v) is 13.5. The van der Waals surface area contributed by atoms with E-state index in [9.17, 15) is 14.7 Å². The number of carbonyl (C=O) groups excluding carboxylic acids is 1. The van der Waals surface area contributed by atoms with Crippen LogP contribution in [0.5, 0.6) is 0 Å². The number of pyridine rings is 1. The Hall–Kier alpha value is -1.99. The van der Waals surface area contributed by atoms with E-state index >= 15 is 0 Å². The number of hydrogen-bond donors (Lipinski definition) is 2. The molecule has 0 aliphatic rings. The predicted molar refractivity (Wildman–Crippen MR) is 82.0 cm³/mol. The highest BCUT2D eigenvalue weighted by molar-refractivity contribution is 6.36. The third-order valence-corrected chi connectivity index (χ3v) is 2.95. The largest absolute Gasteiger partial charge is 0.476 e. The molecule has 2 N–H and O–H groups in total. The lowest BCUT2D eigenvalue weighted by atomic mass is 10.2. The quantitative estimate of drug-likeness (QED) is 0.865. The van der Waals surface area contributed by atoms with Gasteiger partial charge in [0.05, 0.1) is 10.0 Å². The molecule has 22 heavy (non-hydrogen) atoms. The maximum Gasteiger partial charge on any atom is 0.413 e. The van der Waals surface area contributed by atoms with Gasteiger partial charge in [-0.1, -0.05) is 23.2 Å². The van der Waals surface area contributed by atoms with Crippen LogP contribution in [0.3, 0.4) is 0 Å². The second-order valence-corrected chi connectivity index (χ2v) is 6.28. The first-order chi connectivity index (χ1) is 10.1. The summed E-state index contributed by atoms with van der Waals surface area (Å²) in [5.74, 6) is -1.40. The molecule has 0 aliphatic carbocycles. The molecule has 0 fully saturated rings. The Morgan fingerprint density at radius 2 is 2.00 bits per heavy atom. The molecule has 0 bridgehead atoms. The van der Waals surface area contributed by atoms with Crippen molar-refractivity contribution in [3.8, 4) is 0 Å². The van der Waals surface area contributed by atoms with Crippen molar-refractivity contribution in [2.75, 3.05) is 5.32 Å². The zero-order valence-electron chi connectivity index (χ0n) is 12.0. The number of aromatic nitrogens is 2. The lowest BCUT2D eigenvalue weighted by molar-refractivity contribution is 0.0635. The summed E-state index contributed by atoms with van der Waals surface area (Å²) in [6.45, 7) is 5.06. The van der Waals surface area contributed by atoms with Crippen LogP contribution in [0, 0.1) is 0 Å². The van der Waals surface area contributed by atoms with Crippen LogP contribution in [0.4, 0.5) is 10.6 Å². The van der Waals surface area contributed by atoms with Gasteiger partial charge < -0.3 is 9.84 Å². The number of aromatic carboxylic acids is 1. The summed E-state index contributed by atoms with van der Waals surface area (Å²) in [6, 6.07) is 1.42. The number of rotatable bonds is 2. The fraction of sp³-hybridized carbons (Fsp3) is 0.308. The number of hydrogen-bond acceptors (Lipinski definition) is 4. The highest BCUT2D eigenvalue weighted by atomic mass is 35.5. The molecule has 0 spiro atoms. The minimum absolute atomic E-state index is 0.0823. The van der Waals surface area contributed by atoms with Crippen molar-refractivity contribution in [3.63, 3.8) is 0 Å². The minimum atomic E-state index is -1.32. The van der Waals surface area contributed by atoms with Crippen LogP contribution >= 0.6 is 23.2 Å². The number of imidazole rings is 1. The van der Waals surface area contributed by atoms with Crippen molar-refractivity contribution >= 4 is 46.7 Å². The van der Waals surface area contributed by atoms with Gasteiger partial charge in [-0.15, -0.1) is 0 Å². The topological polar surface area (TPSA) is 92.9 Å². The second kappa shape index (κ2) is 5.66. The van der Waals surface area contributed by atoms with E-state index in [1.165, 1.54) is 16.7 Å². The van der Waals surface area contributed by atoms with Crippen molar-refractivity contribution < 1.29 is 19.4 Å². The summed E-state index contributed by atoms with van der Waals surface area (Å²) in [6.07, 6.45) is 0.586. The molecule has 2 rings (SSSR count).